The van der Waals surface area contributed by atoms with E-state index in [1.807, 2.05) is 24.3 Å². The van der Waals surface area contributed by atoms with Crippen molar-refractivity contribution in [3.8, 4) is 0 Å². The van der Waals surface area contributed by atoms with Crippen molar-refractivity contribution in [1.29, 1.82) is 0 Å². The fourth-order valence-corrected chi connectivity index (χ4v) is 1.63. The molecule has 0 spiro atoms. The lowest BCUT2D eigenvalue weighted by atomic mass is 10.1. The Morgan fingerprint density at radius 2 is 1.72 bits per heavy atom. The second-order valence-corrected chi connectivity index (χ2v) is 4.60. The average Bonchev–Trinajstić information content (AvgIpc) is 3.20. The lowest BCUT2D eigenvalue weighted by molar-refractivity contribution is -0.139. The maximum absolute atomic E-state index is 11.5. The van der Waals surface area contributed by atoms with Gasteiger partial charge >= 0.3 is 11.8 Å². The Balaban J connectivity index is 1.78. The number of benzene rings is 1. The number of hydrogen-bond donors (Lipinski definition) is 2. The second kappa shape index (κ2) is 5.67. The van der Waals surface area contributed by atoms with Crippen LogP contribution in [0.4, 0.5) is 0 Å². The van der Waals surface area contributed by atoms with Gasteiger partial charge in [-0.3, -0.25) is 9.59 Å². The molecule has 0 atom stereocenters. The van der Waals surface area contributed by atoms with Crippen molar-refractivity contribution in [2.45, 2.75) is 38.8 Å². The number of hydrogen-bond acceptors (Lipinski definition) is 2. The van der Waals surface area contributed by atoms with Gasteiger partial charge in [0.05, 0.1) is 0 Å². The zero-order valence-corrected chi connectivity index (χ0v) is 10.5. The molecule has 1 aromatic carbocycles. The lowest BCUT2D eigenvalue weighted by Crippen LogP contribution is -2.40. The molecule has 0 unspecified atom stereocenters. The van der Waals surface area contributed by atoms with Crippen LogP contribution in [0.15, 0.2) is 24.3 Å². The normalized spacial score (nSPS) is 14.1. The van der Waals surface area contributed by atoms with Gasteiger partial charge in [0.25, 0.3) is 0 Å². The molecule has 4 heteroatoms. The highest BCUT2D eigenvalue weighted by Crippen LogP contribution is 2.18. The number of aryl methyl sites for hydroxylation is 1. The van der Waals surface area contributed by atoms with Crippen LogP contribution in [-0.4, -0.2) is 17.9 Å². The molecule has 0 aliphatic heterocycles. The zero-order chi connectivity index (χ0) is 13.0. The standard InChI is InChI=1S/C14H18N2O2/c1-2-10-3-5-11(6-4-10)9-15-13(17)14(18)16-12-7-8-12/h3-6,12H,2,7-9H2,1H3,(H,15,17)(H,16,18). The monoisotopic (exact) mass is 246 g/mol. The van der Waals surface area contributed by atoms with Crippen LogP contribution in [-0.2, 0) is 22.6 Å². The SMILES string of the molecule is CCc1ccc(CNC(=O)C(=O)NC2CC2)cc1. The van der Waals surface area contributed by atoms with Crippen molar-refractivity contribution in [3.05, 3.63) is 35.4 Å². The maximum atomic E-state index is 11.5. The van der Waals surface area contributed by atoms with Gasteiger partial charge in [-0.15, -0.1) is 0 Å². The summed E-state index contributed by atoms with van der Waals surface area (Å²) in [5.74, 6) is -1.08. The number of carbonyl (C=O) groups excluding carboxylic acids is 2. The maximum Gasteiger partial charge on any atom is 0.309 e. The first kappa shape index (κ1) is 12.6. The summed E-state index contributed by atoms with van der Waals surface area (Å²) < 4.78 is 0. The average molecular weight is 246 g/mol. The van der Waals surface area contributed by atoms with Gasteiger partial charge in [-0.25, -0.2) is 0 Å². The topological polar surface area (TPSA) is 58.2 Å². The van der Waals surface area contributed by atoms with E-state index in [2.05, 4.69) is 17.6 Å². The minimum Gasteiger partial charge on any atom is -0.345 e. The Morgan fingerprint density at radius 1 is 1.11 bits per heavy atom. The van der Waals surface area contributed by atoms with Crippen molar-refractivity contribution in [1.82, 2.24) is 10.6 Å². The summed E-state index contributed by atoms with van der Waals surface area (Å²) in [4.78, 5) is 22.9. The van der Waals surface area contributed by atoms with Crippen LogP contribution in [0.3, 0.4) is 0 Å². The number of nitrogens with one attached hydrogen (secondary N) is 2. The summed E-state index contributed by atoms with van der Waals surface area (Å²) in [6.07, 6.45) is 2.96. The van der Waals surface area contributed by atoms with Crippen LogP contribution in [0.1, 0.15) is 30.9 Å². The second-order valence-electron chi connectivity index (χ2n) is 4.60. The molecule has 0 aromatic heterocycles. The van der Waals surface area contributed by atoms with Gasteiger partial charge in [0.15, 0.2) is 0 Å². The molecule has 1 aliphatic carbocycles. The van der Waals surface area contributed by atoms with Crippen molar-refractivity contribution in [3.63, 3.8) is 0 Å². The highest BCUT2D eigenvalue weighted by molar-refractivity contribution is 6.35. The van der Waals surface area contributed by atoms with Crippen LogP contribution >= 0.6 is 0 Å². The molecule has 1 saturated carbocycles. The number of amides is 2. The molecule has 18 heavy (non-hydrogen) atoms. The molecular formula is C14H18N2O2. The van der Waals surface area contributed by atoms with Crippen molar-refractivity contribution in [2.24, 2.45) is 0 Å². The molecule has 0 radical (unpaired) electrons. The molecule has 0 heterocycles. The van der Waals surface area contributed by atoms with Crippen LogP contribution < -0.4 is 10.6 Å². The lowest BCUT2D eigenvalue weighted by Gasteiger charge is -2.06. The van der Waals surface area contributed by atoms with E-state index in [0.717, 1.165) is 24.8 Å². The molecule has 96 valence electrons. The molecule has 2 amide bonds. The van der Waals surface area contributed by atoms with E-state index in [4.69, 9.17) is 0 Å². The molecule has 0 saturated heterocycles. The van der Waals surface area contributed by atoms with Gasteiger partial charge in [-0.05, 0) is 30.4 Å². The molecule has 1 aromatic rings. The highest BCUT2D eigenvalue weighted by Gasteiger charge is 2.26. The summed E-state index contributed by atoms with van der Waals surface area (Å²) in [5.41, 5.74) is 2.26. The van der Waals surface area contributed by atoms with E-state index in [0.29, 0.717) is 6.54 Å². The van der Waals surface area contributed by atoms with Crippen LogP contribution in [0.25, 0.3) is 0 Å². The van der Waals surface area contributed by atoms with Crippen molar-refractivity contribution in [2.75, 3.05) is 0 Å². The Morgan fingerprint density at radius 3 is 2.28 bits per heavy atom. The Labute approximate surface area is 107 Å². The predicted molar refractivity (Wildman–Crippen MR) is 68.8 cm³/mol. The number of carbonyl (C=O) groups is 2. The van der Waals surface area contributed by atoms with Gasteiger partial charge in [-0.2, -0.15) is 0 Å². The van der Waals surface area contributed by atoms with Gasteiger partial charge in [0.2, 0.25) is 0 Å². The summed E-state index contributed by atoms with van der Waals surface area (Å²) >= 11 is 0. The van der Waals surface area contributed by atoms with Gasteiger partial charge in [0, 0.05) is 12.6 Å². The summed E-state index contributed by atoms with van der Waals surface area (Å²) in [6, 6.07) is 8.22. The quantitative estimate of drug-likeness (QED) is 0.783. The summed E-state index contributed by atoms with van der Waals surface area (Å²) in [5, 5.41) is 5.28. The van der Waals surface area contributed by atoms with Crippen molar-refractivity contribution < 1.29 is 9.59 Å². The third kappa shape index (κ3) is 3.58. The third-order valence-corrected chi connectivity index (χ3v) is 3.00. The van der Waals surface area contributed by atoms with E-state index in [9.17, 15) is 9.59 Å². The first-order chi connectivity index (χ1) is 8.69. The summed E-state index contributed by atoms with van der Waals surface area (Å²) in [6.45, 7) is 2.49. The third-order valence-electron chi connectivity index (χ3n) is 3.00. The molecule has 1 fully saturated rings. The minimum atomic E-state index is -0.554. The van der Waals surface area contributed by atoms with E-state index >= 15 is 0 Å². The van der Waals surface area contributed by atoms with Crippen LogP contribution in [0.2, 0.25) is 0 Å². The molecule has 0 bridgehead atoms. The minimum absolute atomic E-state index is 0.215. The first-order valence-corrected chi connectivity index (χ1v) is 6.35. The molecule has 2 N–H and O–H groups in total. The smallest absolute Gasteiger partial charge is 0.309 e. The van der Waals surface area contributed by atoms with Crippen LogP contribution in [0.5, 0.6) is 0 Å². The fourth-order valence-electron chi connectivity index (χ4n) is 1.63. The Hall–Kier alpha value is -1.84. The van der Waals surface area contributed by atoms with E-state index in [1.165, 1.54) is 5.56 Å². The Bertz CT molecular complexity index is 436. The van der Waals surface area contributed by atoms with Gasteiger partial charge < -0.3 is 10.6 Å². The van der Waals surface area contributed by atoms with E-state index in [1.54, 1.807) is 0 Å². The molecule has 1 aliphatic rings. The predicted octanol–water partition coefficient (Wildman–Crippen LogP) is 1.14. The van der Waals surface area contributed by atoms with E-state index in [-0.39, 0.29) is 6.04 Å². The fraction of sp³-hybridized carbons (Fsp3) is 0.429. The van der Waals surface area contributed by atoms with E-state index < -0.39 is 11.8 Å². The van der Waals surface area contributed by atoms with Crippen molar-refractivity contribution >= 4 is 11.8 Å². The van der Waals surface area contributed by atoms with Crippen LogP contribution in [0, 0.1) is 0 Å². The molecular weight excluding hydrogens is 228 g/mol. The Kier molecular flexibility index (Phi) is 3.97. The largest absolute Gasteiger partial charge is 0.345 e. The number of rotatable bonds is 4. The first-order valence-electron chi connectivity index (χ1n) is 6.35. The summed E-state index contributed by atoms with van der Waals surface area (Å²) in [7, 11) is 0. The van der Waals surface area contributed by atoms with Gasteiger partial charge in [0.1, 0.15) is 0 Å². The molecule has 2 rings (SSSR count). The zero-order valence-electron chi connectivity index (χ0n) is 10.5. The van der Waals surface area contributed by atoms with Gasteiger partial charge in [-0.1, -0.05) is 31.2 Å². The molecule has 4 nitrogen and oxygen atoms in total. The highest BCUT2D eigenvalue weighted by atomic mass is 16.2.